The van der Waals surface area contributed by atoms with Crippen molar-refractivity contribution in [2.75, 3.05) is 11.9 Å². The first-order chi connectivity index (χ1) is 12.0. The van der Waals surface area contributed by atoms with Gasteiger partial charge in [-0.3, -0.25) is 9.48 Å². The van der Waals surface area contributed by atoms with Gasteiger partial charge in [-0.2, -0.15) is 5.10 Å². The average molecular weight is 338 g/mol. The first kappa shape index (κ1) is 16.6. The van der Waals surface area contributed by atoms with Crippen LogP contribution in [0.15, 0.2) is 36.4 Å². The number of benzene rings is 1. The summed E-state index contributed by atoms with van der Waals surface area (Å²) in [7, 11) is 1.80. The van der Waals surface area contributed by atoms with E-state index in [2.05, 4.69) is 15.4 Å². The molecule has 0 atom stereocenters. The minimum Gasteiger partial charge on any atom is -0.451 e. The van der Waals surface area contributed by atoms with Crippen molar-refractivity contribution in [2.45, 2.75) is 13.8 Å². The molecule has 128 valence electrons. The minimum absolute atomic E-state index is 0.167. The predicted molar refractivity (Wildman–Crippen MR) is 93.3 cm³/mol. The van der Waals surface area contributed by atoms with Crippen molar-refractivity contribution in [3.63, 3.8) is 0 Å². The Balaban J connectivity index is 1.63. The number of rotatable bonds is 4. The molecule has 0 bridgehead atoms. The van der Waals surface area contributed by atoms with Crippen molar-refractivity contribution in [3.05, 3.63) is 53.5 Å². The number of carbonyl (C=O) groups excluding carboxylic acids is 2. The summed E-state index contributed by atoms with van der Waals surface area (Å²) in [6, 6.07) is 10.8. The maximum atomic E-state index is 12.1. The molecule has 0 aliphatic carbocycles. The van der Waals surface area contributed by atoms with E-state index >= 15 is 0 Å². The molecule has 1 amide bonds. The van der Waals surface area contributed by atoms with Crippen LogP contribution in [0.3, 0.4) is 0 Å². The van der Waals surface area contributed by atoms with E-state index in [0.717, 1.165) is 11.1 Å². The standard InChI is InChI=1S/C18H18N4O3/c1-11-17(12(2)22(3)21-11)20-16(23)10-25-18(24)15-9-8-13-6-4-5-7-14(13)19-15/h4-9H,10H2,1-3H3,(H,20,23). The molecular weight excluding hydrogens is 320 g/mol. The van der Waals surface area contributed by atoms with Gasteiger partial charge in [-0.15, -0.1) is 0 Å². The largest absolute Gasteiger partial charge is 0.451 e. The summed E-state index contributed by atoms with van der Waals surface area (Å²) in [5.41, 5.74) is 3.03. The molecule has 1 aromatic carbocycles. The van der Waals surface area contributed by atoms with E-state index < -0.39 is 11.9 Å². The highest BCUT2D eigenvalue weighted by atomic mass is 16.5. The van der Waals surface area contributed by atoms with Crippen LogP contribution < -0.4 is 5.32 Å². The van der Waals surface area contributed by atoms with Crippen LogP contribution in [0.1, 0.15) is 21.9 Å². The second kappa shape index (κ2) is 6.72. The van der Waals surface area contributed by atoms with Gasteiger partial charge in [-0.05, 0) is 26.0 Å². The number of aromatic nitrogens is 3. The Morgan fingerprint density at radius 3 is 2.64 bits per heavy atom. The van der Waals surface area contributed by atoms with Crippen molar-refractivity contribution in [1.29, 1.82) is 0 Å². The fraction of sp³-hybridized carbons (Fsp3) is 0.222. The number of fused-ring (bicyclic) bond motifs is 1. The van der Waals surface area contributed by atoms with Crippen molar-refractivity contribution in [3.8, 4) is 0 Å². The summed E-state index contributed by atoms with van der Waals surface area (Å²) in [6.07, 6.45) is 0. The lowest BCUT2D eigenvalue weighted by molar-refractivity contribution is -0.119. The Morgan fingerprint density at radius 1 is 1.16 bits per heavy atom. The lowest BCUT2D eigenvalue weighted by Crippen LogP contribution is -2.22. The lowest BCUT2D eigenvalue weighted by Gasteiger charge is -2.07. The third kappa shape index (κ3) is 3.50. The molecular formula is C18H18N4O3. The van der Waals surface area contributed by atoms with Gasteiger partial charge in [0.25, 0.3) is 5.91 Å². The summed E-state index contributed by atoms with van der Waals surface area (Å²) in [5.74, 6) is -1.06. The normalized spacial score (nSPS) is 10.7. The Labute approximate surface area is 144 Å². The predicted octanol–water partition coefficient (Wildman–Crippen LogP) is 2.38. The zero-order chi connectivity index (χ0) is 18.0. The highest BCUT2D eigenvalue weighted by molar-refractivity contribution is 5.96. The molecule has 1 N–H and O–H groups in total. The Kier molecular flexibility index (Phi) is 4.47. The third-order valence-electron chi connectivity index (χ3n) is 3.92. The Hall–Kier alpha value is -3.22. The van der Waals surface area contributed by atoms with Gasteiger partial charge in [0.05, 0.1) is 22.6 Å². The number of ether oxygens (including phenoxy) is 1. The molecule has 25 heavy (non-hydrogen) atoms. The topological polar surface area (TPSA) is 86.1 Å². The van der Waals surface area contributed by atoms with E-state index in [9.17, 15) is 9.59 Å². The zero-order valence-corrected chi connectivity index (χ0v) is 14.2. The first-order valence-corrected chi connectivity index (χ1v) is 7.78. The van der Waals surface area contributed by atoms with E-state index in [1.165, 1.54) is 0 Å². The molecule has 3 aromatic rings. The molecule has 0 spiro atoms. The van der Waals surface area contributed by atoms with Crippen LogP contribution in [0.25, 0.3) is 10.9 Å². The van der Waals surface area contributed by atoms with Crippen molar-refractivity contribution in [2.24, 2.45) is 7.05 Å². The van der Waals surface area contributed by atoms with Crippen LogP contribution in [0, 0.1) is 13.8 Å². The zero-order valence-electron chi connectivity index (χ0n) is 14.2. The van der Waals surface area contributed by atoms with E-state index in [0.29, 0.717) is 16.9 Å². The van der Waals surface area contributed by atoms with Gasteiger partial charge >= 0.3 is 5.97 Å². The number of para-hydroxylation sites is 1. The summed E-state index contributed by atoms with van der Waals surface area (Å²) in [6.45, 7) is 3.26. The number of pyridine rings is 1. The monoisotopic (exact) mass is 338 g/mol. The lowest BCUT2D eigenvalue weighted by atomic mass is 10.2. The second-order valence-corrected chi connectivity index (χ2v) is 5.68. The van der Waals surface area contributed by atoms with Crippen LogP contribution in [0.5, 0.6) is 0 Å². The van der Waals surface area contributed by atoms with Crippen LogP contribution in [0.2, 0.25) is 0 Å². The summed E-state index contributed by atoms with van der Waals surface area (Å²) >= 11 is 0. The molecule has 2 aromatic heterocycles. The van der Waals surface area contributed by atoms with Gasteiger partial charge < -0.3 is 10.1 Å². The second-order valence-electron chi connectivity index (χ2n) is 5.68. The SMILES string of the molecule is Cc1nn(C)c(C)c1NC(=O)COC(=O)c1ccc2ccccc2n1. The van der Waals surface area contributed by atoms with E-state index in [1.54, 1.807) is 30.8 Å². The van der Waals surface area contributed by atoms with Crippen LogP contribution in [-0.4, -0.2) is 33.2 Å². The van der Waals surface area contributed by atoms with E-state index in [4.69, 9.17) is 4.74 Å². The first-order valence-electron chi connectivity index (χ1n) is 7.78. The van der Waals surface area contributed by atoms with Crippen LogP contribution >= 0.6 is 0 Å². The fourth-order valence-corrected chi connectivity index (χ4v) is 2.51. The van der Waals surface area contributed by atoms with Crippen molar-refractivity contribution in [1.82, 2.24) is 14.8 Å². The van der Waals surface area contributed by atoms with Gasteiger partial charge in [0, 0.05) is 12.4 Å². The molecule has 0 unspecified atom stereocenters. The number of nitrogens with zero attached hydrogens (tertiary/aromatic N) is 3. The van der Waals surface area contributed by atoms with E-state index in [-0.39, 0.29) is 12.3 Å². The third-order valence-corrected chi connectivity index (χ3v) is 3.92. The molecule has 0 radical (unpaired) electrons. The van der Waals surface area contributed by atoms with Gasteiger partial charge in [-0.1, -0.05) is 24.3 Å². The quantitative estimate of drug-likeness (QED) is 0.738. The number of hydrogen-bond donors (Lipinski definition) is 1. The number of esters is 1. The van der Waals surface area contributed by atoms with Crippen molar-refractivity contribution < 1.29 is 14.3 Å². The molecule has 0 aliphatic heterocycles. The van der Waals surface area contributed by atoms with E-state index in [1.807, 2.05) is 31.2 Å². The molecule has 7 heteroatoms. The number of hydrogen-bond acceptors (Lipinski definition) is 5. The fourth-order valence-electron chi connectivity index (χ4n) is 2.51. The maximum Gasteiger partial charge on any atom is 0.357 e. The number of carbonyl (C=O) groups is 2. The Bertz CT molecular complexity index is 962. The number of amides is 1. The van der Waals surface area contributed by atoms with Gasteiger partial charge in [0.15, 0.2) is 6.61 Å². The molecule has 0 aliphatic rings. The average Bonchev–Trinajstić information content (AvgIpc) is 2.85. The number of aryl methyl sites for hydroxylation is 2. The highest BCUT2D eigenvalue weighted by Gasteiger charge is 2.15. The molecule has 0 saturated heterocycles. The molecule has 2 heterocycles. The summed E-state index contributed by atoms with van der Waals surface area (Å²) < 4.78 is 6.73. The van der Waals surface area contributed by atoms with Gasteiger partial charge in [-0.25, -0.2) is 9.78 Å². The van der Waals surface area contributed by atoms with Gasteiger partial charge in [0.1, 0.15) is 5.69 Å². The summed E-state index contributed by atoms with van der Waals surface area (Å²) in [5, 5.41) is 7.87. The molecule has 0 fully saturated rings. The Morgan fingerprint density at radius 2 is 1.92 bits per heavy atom. The van der Waals surface area contributed by atoms with Gasteiger partial charge in [0.2, 0.25) is 0 Å². The highest BCUT2D eigenvalue weighted by Crippen LogP contribution is 2.18. The van der Waals surface area contributed by atoms with Crippen LogP contribution in [0.4, 0.5) is 5.69 Å². The minimum atomic E-state index is -0.638. The van der Waals surface area contributed by atoms with Crippen molar-refractivity contribution >= 4 is 28.5 Å². The maximum absolute atomic E-state index is 12.1. The molecule has 7 nitrogen and oxygen atoms in total. The van der Waals surface area contributed by atoms with Crippen LogP contribution in [-0.2, 0) is 16.6 Å². The molecule has 0 saturated carbocycles. The number of anilines is 1. The smallest absolute Gasteiger partial charge is 0.357 e. The number of nitrogens with one attached hydrogen (secondary N) is 1. The summed E-state index contributed by atoms with van der Waals surface area (Å²) in [4.78, 5) is 28.4. The molecule has 3 rings (SSSR count).